The standard InChI is InChI=1S/C11H17N5O2S/c1-6(2)13-10(18)16-9(17)5-19-11-14-7(3)4-8(12)15-11/h4,6H,5H2,1-3H3,(H2,12,14,15)(H2,13,16,17,18). The summed E-state index contributed by atoms with van der Waals surface area (Å²) in [6, 6.07) is 1.10. The summed E-state index contributed by atoms with van der Waals surface area (Å²) in [6.45, 7) is 5.41. The Morgan fingerprint density at radius 2 is 2.11 bits per heavy atom. The Hall–Kier alpha value is -1.83. The third-order valence-electron chi connectivity index (χ3n) is 1.86. The molecule has 0 aliphatic rings. The molecule has 4 N–H and O–H groups in total. The fraction of sp³-hybridized carbons (Fsp3) is 0.455. The van der Waals surface area contributed by atoms with E-state index in [2.05, 4.69) is 20.6 Å². The molecule has 104 valence electrons. The van der Waals surface area contributed by atoms with Crippen LogP contribution in [0, 0.1) is 6.92 Å². The maximum absolute atomic E-state index is 11.5. The number of nitrogens with zero attached hydrogens (tertiary/aromatic N) is 2. The van der Waals surface area contributed by atoms with Gasteiger partial charge in [0.05, 0.1) is 5.75 Å². The number of carbonyl (C=O) groups is 2. The average molecular weight is 283 g/mol. The van der Waals surface area contributed by atoms with Crippen molar-refractivity contribution < 1.29 is 9.59 Å². The molecule has 7 nitrogen and oxygen atoms in total. The molecule has 0 bridgehead atoms. The van der Waals surface area contributed by atoms with Crippen LogP contribution in [0.3, 0.4) is 0 Å². The Morgan fingerprint density at radius 3 is 2.68 bits per heavy atom. The number of aryl methyl sites for hydroxylation is 1. The van der Waals surface area contributed by atoms with Gasteiger partial charge in [0.25, 0.3) is 0 Å². The lowest BCUT2D eigenvalue weighted by Gasteiger charge is -2.08. The monoisotopic (exact) mass is 283 g/mol. The normalized spacial score (nSPS) is 10.3. The second-order valence-electron chi connectivity index (χ2n) is 4.18. The summed E-state index contributed by atoms with van der Waals surface area (Å²) in [4.78, 5) is 30.9. The lowest BCUT2D eigenvalue weighted by atomic mass is 10.4. The summed E-state index contributed by atoms with van der Waals surface area (Å²) in [5.41, 5.74) is 6.30. The van der Waals surface area contributed by atoms with Crippen LogP contribution in [0.1, 0.15) is 19.5 Å². The van der Waals surface area contributed by atoms with Crippen LogP contribution in [0.25, 0.3) is 0 Å². The van der Waals surface area contributed by atoms with E-state index >= 15 is 0 Å². The van der Waals surface area contributed by atoms with Gasteiger partial charge in [0, 0.05) is 17.8 Å². The average Bonchev–Trinajstić information content (AvgIpc) is 2.23. The predicted octanol–water partition coefficient (Wildman–Crippen LogP) is 0.694. The van der Waals surface area contributed by atoms with Crippen molar-refractivity contribution >= 4 is 29.5 Å². The molecule has 1 aromatic heterocycles. The number of imide groups is 1. The van der Waals surface area contributed by atoms with E-state index in [1.807, 2.05) is 13.8 Å². The second-order valence-corrected chi connectivity index (χ2v) is 5.12. The molecular formula is C11H17N5O2S. The van der Waals surface area contributed by atoms with Gasteiger partial charge in [-0.1, -0.05) is 11.8 Å². The molecule has 1 aromatic rings. The Balaban J connectivity index is 2.43. The zero-order valence-electron chi connectivity index (χ0n) is 11.1. The van der Waals surface area contributed by atoms with Crippen molar-refractivity contribution in [1.29, 1.82) is 0 Å². The largest absolute Gasteiger partial charge is 0.384 e. The van der Waals surface area contributed by atoms with E-state index in [-0.39, 0.29) is 11.8 Å². The van der Waals surface area contributed by atoms with Gasteiger partial charge in [0.2, 0.25) is 5.91 Å². The van der Waals surface area contributed by atoms with Crippen LogP contribution in [0.4, 0.5) is 10.6 Å². The molecular weight excluding hydrogens is 266 g/mol. The molecule has 0 atom stereocenters. The number of nitrogen functional groups attached to an aromatic ring is 1. The Labute approximate surface area is 115 Å². The van der Waals surface area contributed by atoms with E-state index in [0.717, 1.165) is 17.5 Å². The Bertz CT molecular complexity index is 458. The van der Waals surface area contributed by atoms with E-state index in [1.165, 1.54) is 0 Å². The molecule has 0 aromatic carbocycles. The number of rotatable bonds is 4. The van der Waals surface area contributed by atoms with Crippen LogP contribution in [-0.2, 0) is 4.79 Å². The quantitative estimate of drug-likeness (QED) is 0.554. The second kappa shape index (κ2) is 6.93. The van der Waals surface area contributed by atoms with Crippen LogP contribution in [0.15, 0.2) is 11.2 Å². The minimum Gasteiger partial charge on any atom is -0.384 e. The minimum atomic E-state index is -0.509. The highest BCUT2D eigenvalue weighted by atomic mass is 32.2. The number of hydrogen-bond donors (Lipinski definition) is 3. The molecule has 1 rings (SSSR count). The molecule has 0 saturated carbocycles. The van der Waals surface area contributed by atoms with Crippen molar-refractivity contribution in [2.45, 2.75) is 32.0 Å². The lowest BCUT2D eigenvalue weighted by molar-refractivity contribution is -0.117. The summed E-state index contributed by atoms with van der Waals surface area (Å²) in [5, 5.41) is 5.19. The molecule has 0 fully saturated rings. The molecule has 0 unspecified atom stereocenters. The van der Waals surface area contributed by atoms with Gasteiger partial charge in [0.1, 0.15) is 5.82 Å². The van der Waals surface area contributed by atoms with E-state index in [9.17, 15) is 9.59 Å². The number of amides is 3. The van der Waals surface area contributed by atoms with E-state index in [1.54, 1.807) is 13.0 Å². The number of urea groups is 1. The fourth-order valence-electron chi connectivity index (χ4n) is 1.22. The van der Waals surface area contributed by atoms with E-state index in [4.69, 9.17) is 5.73 Å². The smallest absolute Gasteiger partial charge is 0.321 e. The minimum absolute atomic E-state index is 0.0274. The van der Waals surface area contributed by atoms with Crippen molar-refractivity contribution in [3.8, 4) is 0 Å². The number of anilines is 1. The molecule has 0 aliphatic heterocycles. The van der Waals surface area contributed by atoms with Crippen LogP contribution >= 0.6 is 11.8 Å². The highest BCUT2D eigenvalue weighted by Crippen LogP contribution is 2.14. The van der Waals surface area contributed by atoms with Crippen LogP contribution in [0.5, 0.6) is 0 Å². The molecule has 8 heteroatoms. The molecule has 1 heterocycles. The van der Waals surface area contributed by atoms with Gasteiger partial charge in [-0.15, -0.1) is 0 Å². The van der Waals surface area contributed by atoms with Gasteiger partial charge in [-0.2, -0.15) is 0 Å². The van der Waals surface area contributed by atoms with Crippen molar-refractivity contribution in [3.05, 3.63) is 11.8 Å². The van der Waals surface area contributed by atoms with E-state index < -0.39 is 11.9 Å². The van der Waals surface area contributed by atoms with Gasteiger partial charge in [-0.05, 0) is 20.8 Å². The topological polar surface area (TPSA) is 110 Å². The third-order valence-corrected chi connectivity index (χ3v) is 2.71. The third kappa shape index (κ3) is 6.05. The van der Waals surface area contributed by atoms with Crippen molar-refractivity contribution in [2.24, 2.45) is 0 Å². The number of aromatic nitrogens is 2. The first-order chi connectivity index (χ1) is 8.86. The van der Waals surface area contributed by atoms with Crippen molar-refractivity contribution in [3.63, 3.8) is 0 Å². The summed E-state index contributed by atoms with van der Waals surface area (Å²) in [7, 11) is 0. The highest BCUT2D eigenvalue weighted by Gasteiger charge is 2.10. The summed E-state index contributed by atoms with van der Waals surface area (Å²) in [6.07, 6.45) is 0. The van der Waals surface area contributed by atoms with Crippen molar-refractivity contribution in [1.82, 2.24) is 20.6 Å². The fourth-order valence-corrected chi connectivity index (χ4v) is 1.93. The Kier molecular flexibility index (Phi) is 5.56. The first kappa shape index (κ1) is 15.2. The van der Waals surface area contributed by atoms with Crippen LogP contribution < -0.4 is 16.4 Å². The Morgan fingerprint density at radius 1 is 1.42 bits per heavy atom. The van der Waals surface area contributed by atoms with Gasteiger partial charge in [-0.25, -0.2) is 14.8 Å². The summed E-state index contributed by atoms with van der Waals surface area (Å²) >= 11 is 1.12. The molecule has 0 aliphatic carbocycles. The maximum atomic E-state index is 11.5. The molecule has 0 radical (unpaired) electrons. The lowest BCUT2D eigenvalue weighted by Crippen LogP contribution is -2.43. The molecule has 0 spiro atoms. The summed E-state index contributed by atoms with van der Waals surface area (Å²) < 4.78 is 0. The number of thioether (sulfide) groups is 1. The van der Waals surface area contributed by atoms with Gasteiger partial charge in [0.15, 0.2) is 5.16 Å². The maximum Gasteiger partial charge on any atom is 0.321 e. The van der Waals surface area contributed by atoms with Crippen LogP contribution in [-0.4, -0.2) is 33.7 Å². The molecule has 3 amide bonds. The van der Waals surface area contributed by atoms with Gasteiger partial charge in [-0.3, -0.25) is 10.1 Å². The number of nitrogens with two attached hydrogens (primary N) is 1. The zero-order chi connectivity index (χ0) is 14.4. The number of nitrogens with one attached hydrogen (secondary N) is 2. The SMILES string of the molecule is Cc1cc(N)nc(SCC(=O)NC(=O)NC(C)C)n1. The van der Waals surface area contributed by atoms with Crippen LogP contribution in [0.2, 0.25) is 0 Å². The van der Waals surface area contributed by atoms with Gasteiger partial charge < -0.3 is 11.1 Å². The number of hydrogen-bond acceptors (Lipinski definition) is 6. The first-order valence-corrected chi connectivity index (χ1v) is 6.69. The first-order valence-electron chi connectivity index (χ1n) is 5.71. The van der Waals surface area contributed by atoms with Gasteiger partial charge >= 0.3 is 6.03 Å². The molecule has 0 saturated heterocycles. The zero-order valence-corrected chi connectivity index (χ0v) is 11.9. The van der Waals surface area contributed by atoms with E-state index in [0.29, 0.717) is 11.0 Å². The predicted molar refractivity (Wildman–Crippen MR) is 73.7 cm³/mol. The summed E-state index contributed by atoms with van der Waals surface area (Å²) in [5.74, 6) is -0.00574. The molecule has 19 heavy (non-hydrogen) atoms. The highest BCUT2D eigenvalue weighted by molar-refractivity contribution is 7.99. The number of carbonyl (C=O) groups excluding carboxylic acids is 2. The van der Waals surface area contributed by atoms with Crippen molar-refractivity contribution in [2.75, 3.05) is 11.5 Å².